The first-order valence-corrected chi connectivity index (χ1v) is 10.7. The van der Waals surface area contributed by atoms with Gasteiger partial charge in [0.2, 0.25) is 11.7 Å². The van der Waals surface area contributed by atoms with Gasteiger partial charge < -0.3 is 23.3 Å². The van der Waals surface area contributed by atoms with E-state index in [2.05, 4.69) is 19.9 Å². The fourth-order valence-corrected chi connectivity index (χ4v) is 4.36. The summed E-state index contributed by atoms with van der Waals surface area (Å²) >= 11 is 0. The van der Waals surface area contributed by atoms with Crippen LogP contribution >= 0.6 is 0 Å². The van der Waals surface area contributed by atoms with Crippen LogP contribution in [0.1, 0.15) is 45.9 Å². The summed E-state index contributed by atoms with van der Waals surface area (Å²) in [6.45, 7) is 0.153. The number of rotatable bonds is 4. The van der Waals surface area contributed by atoms with Crippen molar-refractivity contribution in [3.8, 4) is 11.6 Å². The minimum absolute atomic E-state index is 0.0305. The molecular formula is C23H17F3N6O3. The van der Waals surface area contributed by atoms with E-state index in [0.29, 0.717) is 17.5 Å². The van der Waals surface area contributed by atoms with Gasteiger partial charge in [-0.05, 0) is 12.1 Å². The number of fused-ring (bicyclic) bond motifs is 2. The predicted molar refractivity (Wildman–Crippen MR) is 115 cm³/mol. The summed E-state index contributed by atoms with van der Waals surface area (Å²) < 4.78 is 55.0. The summed E-state index contributed by atoms with van der Waals surface area (Å²) in [6, 6.07) is 5.21. The lowest BCUT2D eigenvalue weighted by Gasteiger charge is -2.33. The highest BCUT2D eigenvalue weighted by Gasteiger charge is 2.40. The van der Waals surface area contributed by atoms with Crippen molar-refractivity contribution < 1.29 is 26.8 Å². The Bertz CT molecular complexity index is 1570. The van der Waals surface area contributed by atoms with E-state index >= 15 is 0 Å². The Hall–Kier alpha value is -4.35. The van der Waals surface area contributed by atoms with Gasteiger partial charge in [0.15, 0.2) is 17.1 Å². The number of carbonyl (C=O) groups is 1. The molecule has 35 heavy (non-hydrogen) atoms. The van der Waals surface area contributed by atoms with Crippen LogP contribution in [0.15, 0.2) is 52.0 Å². The number of furan rings is 1. The Balaban J connectivity index is 1.46. The maximum atomic E-state index is 14.3. The highest BCUT2D eigenvalue weighted by atomic mass is 19.3. The number of benzene rings is 1. The third kappa shape index (κ3) is 3.40. The second-order valence-electron chi connectivity index (χ2n) is 8.18. The van der Waals surface area contributed by atoms with Crippen LogP contribution in [0, 0.1) is 5.82 Å². The number of amides is 1. The number of oxazole rings is 1. The first kappa shape index (κ1) is 21.2. The average Bonchev–Trinajstić information content (AvgIpc) is 3.62. The average molecular weight is 482 g/mol. The quantitative estimate of drug-likeness (QED) is 0.407. The van der Waals surface area contributed by atoms with Gasteiger partial charge in [-0.2, -0.15) is 0 Å². The molecule has 0 aliphatic carbocycles. The normalized spacial score (nSPS) is 15.8. The zero-order valence-corrected chi connectivity index (χ0v) is 18.2. The van der Waals surface area contributed by atoms with Gasteiger partial charge in [-0.3, -0.25) is 4.79 Å². The molecular weight excluding hydrogens is 465 g/mol. The zero-order valence-electron chi connectivity index (χ0n) is 18.2. The molecule has 5 aromatic rings. The Labute approximate surface area is 195 Å². The fraction of sp³-hybridized carbons (Fsp3) is 0.217. The van der Waals surface area contributed by atoms with Gasteiger partial charge in [-0.1, -0.05) is 12.1 Å². The molecule has 1 N–H and O–H groups in total. The lowest BCUT2D eigenvalue weighted by atomic mass is 9.99. The number of halogens is 3. The van der Waals surface area contributed by atoms with E-state index in [1.807, 2.05) is 0 Å². The van der Waals surface area contributed by atoms with E-state index in [-0.39, 0.29) is 29.5 Å². The van der Waals surface area contributed by atoms with Gasteiger partial charge in [-0.15, -0.1) is 0 Å². The smallest absolute Gasteiger partial charge is 0.292 e. The Morgan fingerprint density at radius 2 is 2.11 bits per heavy atom. The number of aromatic amines is 1. The van der Waals surface area contributed by atoms with Crippen LogP contribution in [0.4, 0.5) is 13.2 Å². The molecule has 1 aliphatic heterocycles. The van der Waals surface area contributed by atoms with Gasteiger partial charge in [0, 0.05) is 37.3 Å². The maximum absolute atomic E-state index is 14.3. The topological polar surface area (TPSA) is 106 Å². The molecule has 0 unspecified atom stereocenters. The molecule has 1 amide bonds. The Kier molecular flexibility index (Phi) is 4.76. The van der Waals surface area contributed by atoms with Crippen molar-refractivity contribution in [1.29, 1.82) is 0 Å². The second kappa shape index (κ2) is 7.86. The van der Waals surface area contributed by atoms with Crippen molar-refractivity contribution in [2.24, 2.45) is 7.05 Å². The molecule has 12 heteroatoms. The number of carbonyl (C=O) groups excluding carboxylic acids is 1. The van der Waals surface area contributed by atoms with Crippen molar-refractivity contribution in [3.05, 3.63) is 77.5 Å². The van der Waals surface area contributed by atoms with Crippen LogP contribution in [0.5, 0.6) is 0 Å². The molecule has 1 atom stereocenters. The Morgan fingerprint density at radius 1 is 1.26 bits per heavy atom. The Morgan fingerprint density at radius 3 is 2.86 bits per heavy atom. The van der Waals surface area contributed by atoms with Crippen molar-refractivity contribution in [1.82, 2.24) is 29.4 Å². The van der Waals surface area contributed by atoms with E-state index in [1.54, 1.807) is 29.8 Å². The summed E-state index contributed by atoms with van der Waals surface area (Å²) in [7, 11) is 1.70. The van der Waals surface area contributed by atoms with E-state index in [1.165, 1.54) is 29.8 Å². The molecule has 0 saturated carbocycles. The summed E-state index contributed by atoms with van der Waals surface area (Å²) in [5, 5.41) is 0.500. The van der Waals surface area contributed by atoms with Crippen LogP contribution in [0.25, 0.3) is 22.6 Å². The third-order valence-electron chi connectivity index (χ3n) is 5.95. The largest absolute Gasteiger partial charge is 0.455 e. The van der Waals surface area contributed by atoms with Crippen LogP contribution in [0.3, 0.4) is 0 Å². The highest BCUT2D eigenvalue weighted by molar-refractivity contribution is 5.94. The fourth-order valence-electron chi connectivity index (χ4n) is 4.36. The van der Waals surface area contributed by atoms with Crippen LogP contribution in [0.2, 0.25) is 0 Å². The molecule has 6 rings (SSSR count). The van der Waals surface area contributed by atoms with Crippen LogP contribution in [-0.4, -0.2) is 41.9 Å². The summed E-state index contributed by atoms with van der Waals surface area (Å²) in [4.78, 5) is 30.3. The van der Waals surface area contributed by atoms with E-state index in [4.69, 9.17) is 8.83 Å². The number of nitrogens with one attached hydrogen (secondary N) is 1. The van der Waals surface area contributed by atoms with E-state index in [9.17, 15) is 18.0 Å². The molecule has 0 radical (unpaired) electrons. The number of imidazole rings is 2. The van der Waals surface area contributed by atoms with Crippen molar-refractivity contribution >= 4 is 16.9 Å². The molecule has 0 spiro atoms. The van der Waals surface area contributed by atoms with Gasteiger partial charge in [0.1, 0.15) is 17.5 Å². The molecule has 178 valence electrons. The maximum Gasteiger partial charge on any atom is 0.292 e. The molecule has 0 saturated heterocycles. The number of nitrogens with zero attached hydrogens (tertiary/aromatic N) is 5. The number of alkyl halides is 2. The summed E-state index contributed by atoms with van der Waals surface area (Å²) in [6.07, 6.45) is 1.83. The van der Waals surface area contributed by atoms with Crippen LogP contribution < -0.4 is 0 Å². The summed E-state index contributed by atoms with van der Waals surface area (Å²) in [5.74, 6) is -1.90. The molecule has 0 bridgehead atoms. The number of hydrogen-bond donors (Lipinski definition) is 1. The highest BCUT2D eigenvalue weighted by Crippen LogP contribution is 2.39. The van der Waals surface area contributed by atoms with Gasteiger partial charge in [-0.25, -0.2) is 28.1 Å². The first-order chi connectivity index (χ1) is 16.9. The first-order valence-electron chi connectivity index (χ1n) is 10.7. The molecule has 1 aromatic carbocycles. The van der Waals surface area contributed by atoms with E-state index in [0.717, 1.165) is 5.69 Å². The number of para-hydroxylation sites is 1. The van der Waals surface area contributed by atoms with Gasteiger partial charge >= 0.3 is 0 Å². The zero-order chi connectivity index (χ0) is 24.3. The van der Waals surface area contributed by atoms with Crippen molar-refractivity contribution in [2.45, 2.75) is 18.9 Å². The molecule has 9 nitrogen and oxygen atoms in total. The van der Waals surface area contributed by atoms with Crippen molar-refractivity contribution in [2.75, 3.05) is 6.54 Å². The summed E-state index contributed by atoms with van der Waals surface area (Å²) in [5.41, 5.74) is 0.708. The van der Waals surface area contributed by atoms with Crippen molar-refractivity contribution in [3.63, 3.8) is 0 Å². The molecule has 0 fully saturated rings. The standard InChI is InChI=1S/C23H17F3N6O3/c1-31-8-14(29-10-31)22-30-17(21(25)26)20(35-22)23(33)32-6-5-13-16(28-9-27-13)18(32)15-7-11-3-2-4-12(24)19(11)34-15/h2-4,7-10,18,21H,5-6H2,1H3,(H,27,28)/t18-/m1/s1. The number of H-pyrrole nitrogens is 1. The predicted octanol–water partition coefficient (Wildman–Crippen LogP) is 4.41. The number of hydrogen-bond acceptors (Lipinski definition) is 6. The number of aryl methyl sites for hydroxylation is 1. The van der Waals surface area contributed by atoms with E-state index < -0.39 is 35.6 Å². The second-order valence-corrected chi connectivity index (χ2v) is 8.18. The minimum Gasteiger partial charge on any atom is -0.455 e. The lowest BCUT2D eigenvalue weighted by molar-refractivity contribution is 0.0626. The number of aromatic nitrogens is 5. The van der Waals surface area contributed by atoms with Gasteiger partial charge in [0.25, 0.3) is 12.3 Å². The molecule has 1 aliphatic rings. The lowest BCUT2D eigenvalue weighted by Crippen LogP contribution is -2.40. The third-order valence-corrected chi connectivity index (χ3v) is 5.95. The molecule has 5 heterocycles. The molecule has 4 aromatic heterocycles. The minimum atomic E-state index is -3.06. The van der Waals surface area contributed by atoms with Gasteiger partial charge in [0.05, 0.1) is 18.3 Å². The van der Waals surface area contributed by atoms with Crippen LogP contribution in [-0.2, 0) is 13.5 Å². The monoisotopic (exact) mass is 482 g/mol. The SMILES string of the molecule is Cn1cnc(-c2nc(C(F)F)c(C(=O)N3CCc4[nH]cnc4[C@H]3c3cc4cccc(F)c4o3)o2)c1.